The number of fused-ring (bicyclic) bond motifs is 1. The van der Waals surface area contributed by atoms with Crippen LogP contribution in [0.3, 0.4) is 0 Å². The first-order valence-electron chi connectivity index (χ1n) is 9.09. The van der Waals surface area contributed by atoms with Gasteiger partial charge in [0.05, 0.1) is 19.3 Å². The van der Waals surface area contributed by atoms with Crippen molar-refractivity contribution in [3.63, 3.8) is 0 Å². The average Bonchev–Trinajstić information content (AvgIpc) is 2.65. The fourth-order valence-electron chi connectivity index (χ4n) is 4.61. The third-order valence-corrected chi connectivity index (χ3v) is 6.23. The van der Waals surface area contributed by atoms with Gasteiger partial charge in [0.25, 0.3) is 0 Å². The van der Waals surface area contributed by atoms with E-state index in [1.165, 1.54) is 5.57 Å². The fourth-order valence-corrected chi connectivity index (χ4v) is 4.61. The topological polar surface area (TPSA) is 51.2 Å². The third-order valence-electron chi connectivity index (χ3n) is 6.23. The fraction of sp³-hybridized carbons (Fsp3) is 0.600. The maximum absolute atomic E-state index is 10.2. The minimum absolute atomic E-state index is 0.0112. The van der Waals surface area contributed by atoms with Crippen LogP contribution in [0.15, 0.2) is 23.8 Å². The molecule has 1 aliphatic carbocycles. The zero-order valence-corrected chi connectivity index (χ0v) is 15.0. The summed E-state index contributed by atoms with van der Waals surface area (Å²) in [6, 6.07) is 5.99. The largest absolute Gasteiger partial charge is 0.493 e. The van der Waals surface area contributed by atoms with Gasteiger partial charge in [-0.3, -0.25) is 4.90 Å². The number of benzene rings is 1. The summed E-state index contributed by atoms with van der Waals surface area (Å²) in [4.78, 5) is 2.46. The van der Waals surface area contributed by atoms with Crippen molar-refractivity contribution in [2.75, 3.05) is 40.5 Å². The SMILES string of the molecule is COc1cccc2c1OCC(CN1CCC3(CC1)[C@H](O)C[C@@H]3OC)=C2. The van der Waals surface area contributed by atoms with Crippen molar-refractivity contribution < 1.29 is 19.3 Å². The van der Waals surface area contributed by atoms with E-state index in [2.05, 4.69) is 17.0 Å². The number of methoxy groups -OCH3 is 2. The van der Waals surface area contributed by atoms with Gasteiger partial charge in [0, 0.05) is 31.1 Å². The van der Waals surface area contributed by atoms with Gasteiger partial charge in [-0.05, 0) is 43.6 Å². The Hall–Kier alpha value is -1.56. The molecule has 1 saturated carbocycles. The van der Waals surface area contributed by atoms with Crippen molar-refractivity contribution in [2.24, 2.45) is 5.41 Å². The molecule has 2 aliphatic heterocycles. The smallest absolute Gasteiger partial charge is 0.168 e. The Kier molecular flexibility index (Phi) is 4.48. The van der Waals surface area contributed by atoms with Crippen LogP contribution in [-0.4, -0.2) is 62.7 Å². The molecule has 136 valence electrons. The van der Waals surface area contributed by atoms with Crippen LogP contribution in [0.25, 0.3) is 6.08 Å². The number of likely N-dealkylation sites (tertiary alicyclic amines) is 1. The second kappa shape index (κ2) is 6.63. The highest BCUT2D eigenvalue weighted by atomic mass is 16.5. The maximum atomic E-state index is 10.2. The van der Waals surface area contributed by atoms with Gasteiger partial charge in [-0.2, -0.15) is 0 Å². The van der Waals surface area contributed by atoms with Gasteiger partial charge in [-0.15, -0.1) is 0 Å². The summed E-state index contributed by atoms with van der Waals surface area (Å²) in [7, 11) is 3.44. The highest BCUT2D eigenvalue weighted by Crippen LogP contribution is 2.50. The molecule has 25 heavy (non-hydrogen) atoms. The first-order chi connectivity index (χ1) is 12.2. The summed E-state index contributed by atoms with van der Waals surface area (Å²) < 4.78 is 16.9. The molecule has 2 fully saturated rings. The van der Waals surface area contributed by atoms with E-state index in [0.717, 1.165) is 56.0 Å². The molecule has 0 bridgehead atoms. The van der Waals surface area contributed by atoms with Crippen molar-refractivity contribution in [3.05, 3.63) is 29.3 Å². The molecule has 0 radical (unpaired) electrons. The van der Waals surface area contributed by atoms with Crippen LogP contribution in [0.4, 0.5) is 0 Å². The molecule has 1 aromatic carbocycles. The second-order valence-corrected chi connectivity index (χ2v) is 7.46. The summed E-state index contributed by atoms with van der Waals surface area (Å²) >= 11 is 0. The molecule has 2 atom stereocenters. The van der Waals surface area contributed by atoms with Crippen LogP contribution in [0, 0.1) is 5.41 Å². The number of hydrogen-bond donors (Lipinski definition) is 1. The normalized spacial score (nSPS) is 27.9. The predicted molar refractivity (Wildman–Crippen MR) is 96.0 cm³/mol. The number of nitrogens with zero attached hydrogens (tertiary/aromatic N) is 1. The first kappa shape index (κ1) is 16.9. The molecule has 0 unspecified atom stereocenters. The van der Waals surface area contributed by atoms with Gasteiger partial charge in [0.2, 0.25) is 0 Å². The summed E-state index contributed by atoms with van der Waals surface area (Å²) in [6.07, 6.45) is 5.05. The summed E-state index contributed by atoms with van der Waals surface area (Å²) in [5, 5.41) is 10.2. The van der Waals surface area contributed by atoms with Gasteiger partial charge < -0.3 is 19.3 Å². The minimum Gasteiger partial charge on any atom is -0.493 e. The van der Waals surface area contributed by atoms with Gasteiger partial charge in [-0.25, -0.2) is 0 Å². The van der Waals surface area contributed by atoms with Gasteiger partial charge in [-0.1, -0.05) is 12.1 Å². The van der Waals surface area contributed by atoms with E-state index in [0.29, 0.717) is 6.61 Å². The number of rotatable bonds is 4. The van der Waals surface area contributed by atoms with Crippen molar-refractivity contribution in [3.8, 4) is 11.5 Å². The molecule has 5 heteroatoms. The Morgan fingerprint density at radius 1 is 1.28 bits per heavy atom. The van der Waals surface area contributed by atoms with E-state index in [-0.39, 0.29) is 17.6 Å². The van der Waals surface area contributed by atoms with Gasteiger partial charge in [0.15, 0.2) is 11.5 Å². The van der Waals surface area contributed by atoms with Crippen LogP contribution in [-0.2, 0) is 4.74 Å². The predicted octanol–water partition coefficient (Wildman–Crippen LogP) is 2.33. The lowest BCUT2D eigenvalue weighted by Gasteiger charge is -2.56. The Morgan fingerprint density at radius 2 is 2.08 bits per heavy atom. The van der Waals surface area contributed by atoms with Gasteiger partial charge in [0.1, 0.15) is 6.61 Å². The van der Waals surface area contributed by atoms with Crippen molar-refractivity contribution in [1.29, 1.82) is 0 Å². The number of piperidine rings is 1. The molecule has 3 aliphatic rings. The molecular formula is C20H27NO4. The monoisotopic (exact) mass is 345 g/mol. The van der Waals surface area contributed by atoms with Crippen LogP contribution in [0.5, 0.6) is 11.5 Å². The van der Waals surface area contributed by atoms with Gasteiger partial charge >= 0.3 is 0 Å². The van der Waals surface area contributed by atoms with Crippen molar-refractivity contribution in [2.45, 2.75) is 31.5 Å². The van der Waals surface area contributed by atoms with Crippen molar-refractivity contribution >= 4 is 6.08 Å². The third kappa shape index (κ3) is 2.84. The molecule has 0 amide bonds. The van der Waals surface area contributed by atoms with Crippen molar-refractivity contribution in [1.82, 2.24) is 4.90 Å². The number of aliphatic hydroxyl groups is 1. The molecule has 1 saturated heterocycles. The Labute approximate surface area is 149 Å². The lowest BCUT2D eigenvalue weighted by atomic mass is 9.58. The number of para-hydroxylation sites is 1. The Bertz CT molecular complexity index is 664. The molecule has 0 aromatic heterocycles. The molecule has 1 aromatic rings. The lowest BCUT2D eigenvalue weighted by Crippen LogP contribution is -2.62. The number of hydrogen-bond acceptors (Lipinski definition) is 5. The van der Waals surface area contributed by atoms with Crippen LogP contribution < -0.4 is 9.47 Å². The number of ether oxygens (including phenoxy) is 3. The molecule has 2 heterocycles. The van der Waals surface area contributed by atoms with Crippen LogP contribution in [0.2, 0.25) is 0 Å². The van der Waals surface area contributed by atoms with E-state index in [1.807, 2.05) is 12.1 Å². The van der Waals surface area contributed by atoms with E-state index in [1.54, 1.807) is 14.2 Å². The molecule has 1 N–H and O–H groups in total. The summed E-state index contributed by atoms with van der Waals surface area (Å²) in [5.41, 5.74) is 2.36. The van der Waals surface area contributed by atoms with Crippen LogP contribution in [0.1, 0.15) is 24.8 Å². The molecule has 1 spiro atoms. The maximum Gasteiger partial charge on any atom is 0.168 e. The first-order valence-corrected chi connectivity index (χ1v) is 9.09. The zero-order chi connectivity index (χ0) is 17.4. The standard InChI is InChI=1S/C20H27NO4/c1-23-16-5-3-4-15-10-14(13-25-19(15)16)12-21-8-6-20(7-9-21)17(22)11-18(20)24-2/h3-5,10,17-18,22H,6-9,11-13H2,1-2H3/t17-,18+/m1/s1. The molecule has 4 rings (SSSR count). The highest BCUT2D eigenvalue weighted by molar-refractivity contribution is 5.66. The summed E-state index contributed by atoms with van der Waals surface area (Å²) in [5.74, 6) is 1.63. The Morgan fingerprint density at radius 3 is 2.76 bits per heavy atom. The lowest BCUT2D eigenvalue weighted by molar-refractivity contribution is -0.201. The quantitative estimate of drug-likeness (QED) is 0.908. The highest BCUT2D eigenvalue weighted by Gasteiger charge is 2.55. The van der Waals surface area contributed by atoms with E-state index < -0.39 is 0 Å². The average molecular weight is 345 g/mol. The van der Waals surface area contributed by atoms with Crippen LogP contribution >= 0.6 is 0 Å². The molecular weight excluding hydrogens is 318 g/mol. The number of aliphatic hydroxyl groups excluding tert-OH is 1. The van der Waals surface area contributed by atoms with E-state index in [4.69, 9.17) is 14.2 Å². The van der Waals surface area contributed by atoms with E-state index >= 15 is 0 Å². The Balaban J connectivity index is 1.40. The zero-order valence-electron chi connectivity index (χ0n) is 15.0. The van der Waals surface area contributed by atoms with E-state index in [9.17, 15) is 5.11 Å². The second-order valence-electron chi connectivity index (χ2n) is 7.46. The molecule has 5 nitrogen and oxygen atoms in total. The summed E-state index contributed by atoms with van der Waals surface area (Å²) in [6.45, 7) is 3.53. The minimum atomic E-state index is -0.198.